The lowest BCUT2D eigenvalue weighted by atomic mass is 9.99. The Kier molecular flexibility index (Phi) is 10.6. The topological polar surface area (TPSA) is 117 Å². The molecule has 4 aromatic rings. The Labute approximate surface area is 270 Å². The highest BCUT2D eigenvalue weighted by atomic mass is 19.4. The molecule has 12 heteroatoms. The molecule has 248 valence electrons. The summed E-state index contributed by atoms with van der Waals surface area (Å²) < 4.78 is 47.5. The second-order valence-corrected chi connectivity index (χ2v) is 11.7. The van der Waals surface area contributed by atoms with Gasteiger partial charge >= 0.3 is 6.36 Å². The van der Waals surface area contributed by atoms with Crippen LogP contribution in [0.15, 0.2) is 83.5 Å². The van der Waals surface area contributed by atoms with Gasteiger partial charge in [0, 0.05) is 30.8 Å². The first-order valence-electron chi connectivity index (χ1n) is 15.4. The van der Waals surface area contributed by atoms with Gasteiger partial charge in [0.2, 0.25) is 5.89 Å². The lowest BCUT2D eigenvalue weighted by molar-refractivity contribution is -0.274. The molecule has 1 saturated heterocycles. The van der Waals surface area contributed by atoms with Crippen molar-refractivity contribution in [3.8, 4) is 5.75 Å². The number of aromatic nitrogens is 1. The summed E-state index contributed by atoms with van der Waals surface area (Å²) in [6.07, 6.45) is -2.46. The van der Waals surface area contributed by atoms with Crippen LogP contribution in [-0.4, -0.2) is 58.4 Å². The van der Waals surface area contributed by atoms with Gasteiger partial charge in [0.25, 0.3) is 11.8 Å². The molecule has 2 heterocycles. The van der Waals surface area contributed by atoms with E-state index in [1.54, 1.807) is 42.4 Å². The Morgan fingerprint density at radius 2 is 1.79 bits per heavy atom. The van der Waals surface area contributed by atoms with Gasteiger partial charge in [-0.15, -0.1) is 13.2 Å². The average molecular weight is 651 g/mol. The van der Waals surface area contributed by atoms with Gasteiger partial charge < -0.3 is 29.8 Å². The van der Waals surface area contributed by atoms with Crippen molar-refractivity contribution in [3.05, 3.63) is 118 Å². The highest BCUT2D eigenvalue weighted by Crippen LogP contribution is 2.33. The van der Waals surface area contributed by atoms with Crippen LogP contribution in [0.2, 0.25) is 0 Å². The van der Waals surface area contributed by atoms with Gasteiger partial charge in [-0.05, 0) is 80.1 Å². The normalized spacial score (nSPS) is 16.1. The molecule has 5 rings (SSSR count). The lowest BCUT2D eigenvalue weighted by Gasteiger charge is -2.25. The third-order valence-corrected chi connectivity index (χ3v) is 7.92. The summed E-state index contributed by atoms with van der Waals surface area (Å²) in [5.41, 5.74) is 3.51. The van der Waals surface area contributed by atoms with E-state index in [1.807, 2.05) is 37.3 Å². The minimum absolute atomic E-state index is 0.0380. The monoisotopic (exact) mass is 650 g/mol. The van der Waals surface area contributed by atoms with Crippen molar-refractivity contribution in [2.24, 2.45) is 0 Å². The average Bonchev–Trinajstić information content (AvgIpc) is 3.69. The number of alkyl halides is 3. The third-order valence-electron chi connectivity index (χ3n) is 7.92. The van der Waals surface area contributed by atoms with Crippen molar-refractivity contribution in [1.29, 1.82) is 0 Å². The number of halogens is 3. The van der Waals surface area contributed by atoms with Crippen LogP contribution in [0, 0.1) is 13.8 Å². The number of amides is 2. The van der Waals surface area contributed by atoms with E-state index in [0.717, 1.165) is 29.7 Å². The van der Waals surface area contributed by atoms with Crippen LogP contribution in [-0.2, 0) is 13.0 Å². The SMILES string of the molecule is Cc1cc(C(=O)N[C@@H](Cc2ccccc2)[C@H](O)CNCc2cccc(OC(F)(F)F)c2)cc(C(=O)N2CCCC2c2nc(C)co2)c1. The highest BCUT2D eigenvalue weighted by Gasteiger charge is 2.34. The number of oxazole rings is 1. The highest BCUT2D eigenvalue weighted by molar-refractivity contribution is 6.00. The standard InChI is InChI=1S/C35H37F3N4O5/c1-22-14-26(18-27(15-22)34(45)42-13-7-12-30(42)33-40-23(2)21-46-33)32(44)41-29(17-24-8-4-3-5-9-24)31(43)20-39-19-25-10-6-11-28(16-25)47-35(36,37)38/h3-6,8-11,14-16,18,21,29-31,39,43H,7,12-13,17,19-20H2,1-2H3,(H,41,44)/t29-,30?,31+/m0/s1. The minimum Gasteiger partial charge on any atom is -0.446 e. The quantitative estimate of drug-likeness (QED) is 0.181. The molecule has 0 bridgehead atoms. The fourth-order valence-corrected chi connectivity index (χ4v) is 5.76. The first-order valence-corrected chi connectivity index (χ1v) is 15.4. The number of likely N-dealkylation sites (tertiary alicyclic amines) is 1. The van der Waals surface area contributed by atoms with Crippen molar-refractivity contribution in [2.75, 3.05) is 13.1 Å². The summed E-state index contributed by atoms with van der Waals surface area (Å²) in [4.78, 5) is 33.5. The molecule has 0 aliphatic carbocycles. The molecule has 3 aromatic carbocycles. The van der Waals surface area contributed by atoms with Gasteiger partial charge in [0.1, 0.15) is 18.1 Å². The summed E-state index contributed by atoms with van der Waals surface area (Å²) in [6.45, 7) is 4.37. The number of nitrogens with zero attached hydrogens (tertiary/aromatic N) is 2. The second kappa shape index (κ2) is 14.8. The first kappa shape index (κ1) is 33.7. The van der Waals surface area contributed by atoms with Gasteiger partial charge in [-0.3, -0.25) is 9.59 Å². The Balaban J connectivity index is 1.28. The van der Waals surface area contributed by atoms with E-state index in [2.05, 4.69) is 20.4 Å². The number of ether oxygens (including phenoxy) is 1. The van der Waals surface area contributed by atoms with E-state index in [9.17, 15) is 27.9 Å². The van der Waals surface area contributed by atoms with Gasteiger partial charge in [-0.1, -0.05) is 42.5 Å². The molecule has 1 unspecified atom stereocenters. The molecule has 1 aliphatic heterocycles. The molecule has 1 aromatic heterocycles. The molecule has 9 nitrogen and oxygen atoms in total. The fraction of sp³-hybridized carbons (Fsp3) is 0.343. The van der Waals surface area contributed by atoms with Crippen LogP contribution in [0.25, 0.3) is 0 Å². The maximum atomic E-state index is 13.7. The van der Waals surface area contributed by atoms with E-state index < -0.39 is 24.4 Å². The van der Waals surface area contributed by atoms with E-state index in [4.69, 9.17) is 4.42 Å². The van der Waals surface area contributed by atoms with Crippen LogP contribution in [0.4, 0.5) is 13.2 Å². The Hall–Kier alpha value is -4.68. The number of rotatable bonds is 12. The predicted molar refractivity (Wildman–Crippen MR) is 168 cm³/mol. The molecule has 0 saturated carbocycles. The number of benzene rings is 3. The van der Waals surface area contributed by atoms with Crippen LogP contribution in [0.5, 0.6) is 5.75 Å². The maximum Gasteiger partial charge on any atom is 0.573 e. The smallest absolute Gasteiger partial charge is 0.446 e. The van der Waals surface area contributed by atoms with E-state index in [1.165, 1.54) is 18.2 Å². The van der Waals surface area contributed by atoms with Crippen molar-refractivity contribution in [2.45, 2.75) is 64.2 Å². The number of hydrogen-bond acceptors (Lipinski definition) is 7. The molecule has 47 heavy (non-hydrogen) atoms. The van der Waals surface area contributed by atoms with Crippen LogP contribution >= 0.6 is 0 Å². The van der Waals surface area contributed by atoms with Crippen molar-refractivity contribution in [1.82, 2.24) is 20.5 Å². The number of aliphatic hydroxyl groups excluding tert-OH is 1. The molecule has 3 N–H and O–H groups in total. The third kappa shape index (κ3) is 9.20. The molecule has 0 spiro atoms. The van der Waals surface area contributed by atoms with Crippen molar-refractivity contribution < 1.29 is 37.0 Å². The molecule has 1 fully saturated rings. The van der Waals surface area contributed by atoms with Crippen molar-refractivity contribution >= 4 is 11.8 Å². The summed E-state index contributed by atoms with van der Waals surface area (Å²) in [6, 6.07) is 18.9. The van der Waals surface area contributed by atoms with Gasteiger partial charge in [-0.2, -0.15) is 0 Å². The van der Waals surface area contributed by atoms with Crippen LogP contribution in [0.1, 0.15) is 67.9 Å². The Bertz CT molecular complexity index is 1680. The number of hydrogen-bond donors (Lipinski definition) is 3. The van der Waals surface area contributed by atoms with E-state index in [0.29, 0.717) is 30.0 Å². The Morgan fingerprint density at radius 1 is 1.04 bits per heavy atom. The van der Waals surface area contributed by atoms with Gasteiger partial charge in [0.15, 0.2) is 0 Å². The number of aryl methyl sites for hydroxylation is 2. The van der Waals surface area contributed by atoms with E-state index in [-0.39, 0.29) is 36.4 Å². The van der Waals surface area contributed by atoms with Gasteiger partial charge in [-0.25, -0.2) is 4.98 Å². The molecular weight excluding hydrogens is 613 g/mol. The largest absolute Gasteiger partial charge is 0.573 e. The van der Waals surface area contributed by atoms with Crippen molar-refractivity contribution in [3.63, 3.8) is 0 Å². The van der Waals surface area contributed by atoms with Gasteiger partial charge in [0.05, 0.1) is 17.8 Å². The number of carbonyl (C=O) groups excluding carboxylic acids is 2. The lowest BCUT2D eigenvalue weighted by Crippen LogP contribution is -2.48. The predicted octanol–water partition coefficient (Wildman–Crippen LogP) is 5.66. The summed E-state index contributed by atoms with van der Waals surface area (Å²) >= 11 is 0. The van der Waals surface area contributed by atoms with Crippen LogP contribution in [0.3, 0.4) is 0 Å². The zero-order valence-corrected chi connectivity index (χ0v) is 26.1. The van der Waals surface area contributed by atoms with Crippen LogP contribution < -0.4 is 15.4 Å². The Morgan fingerprint density at radius 3 is 2.51 bits per heavy atom. The minimum atomic E-state index is -4.80. The number of aliphatic hydroxyl groups is 1. The number of nitrogens with one attached hydrogen (secondary N) is 2. The first-order chi connectivity index (χ1) is 22.4. The van der Waals surface area contributed by atoms with E-state index >= 15 is 0 Å². The second-order valence-electron chi connectivity index (χ2n) is 11.7. The molecule has 2 amide bonds. The summed E-state index contributed by atoms with van der Waals surface area (Å²) in [5, 5.41) is 17.2. The maximum absolute atomic E-state index is 13.7. The molecule has 0 radical (unpaired) electrons. The number of carbonyl (C=O) groups is 2. The summed E-state index contributed by atoms with van der Waals surface area (Å²) in [5.74, 6) is -0.528. The molecular formula is C35H37F3N4O5. The zero-order chi connectivity index (χ0) is 33.6. The fourth-order valence-electron chi connectivity index (χ4n) is 5.76. The molecule has 3 atom stereocenters. The molecule has 1 aliphatic rings. The summed E-state index contributed by atoms with van der Waals surface area (Å²) in [7, 11) is 0. The zero-order valence-electron chi connectivity index (χ0n) is 26.1.